The minimum atomic E-state index is -0.198. The van der Waals surface area contributed by atoms with Crippen molar-refractivity contribution in [3.63, 3.8) is 0 Å². The Morgan fingerprint density at radius 3 is 2.26 bits per heavy atom. The molecular weight excluding hydrogens is 290 g/mol. The normalized spacial score (nSPS) is 10.2. The van der Waals surface area contributed by atoms with Crippen molar-refractivity contribution < 1.29 is 9.59 Å². The zero-order valence-corrected chi connectivity index (χ0v) is 13.5. The van der Waals surface area contributed by atoms with E-state index in [4.69, 9.17) is 0 Å². The molecule has 0 saturated carbocycles. The van der Waals surface area contributed by atoms with Crippen LogP contribution in [0.15, 0.2) is 48.8 Å². The third kappa shape index (κ3) is 4.92. The number of carbonyl (C=O) groups is 2. The van der Waals surface area contributed by atoms with Gasteiger partial charge in [0, 0.05) is 31.5 Å². The van der Waals surface area contributed by atoms with E-state index in [9.17, 15) is 9.59 Å². The minimum Gasteiger partial charge on any atom is -0.350 e. The van der Waals surface area contributed by atoms with Crippen LogP contribution < -0.4 is 10.2 Å². The van der Waals surface area contributed by atoms with E-state index in [0.717, 1.165) is 17.7 Å². The van der Waals surface area contributed by atoms with E-state index >= 15 is 0 Å². The standard InChI is InChI=1S/C18H21N3O2/c1-3-15-4-6-17(7-5-15)21(14(2)22)13-18(23)20-12-16-8-10-19-11-9-16/h4-11H,3,12-13H2,1-2H3,(H,20,23). The summed E-state index contributed by atoms with van der Waals surface area (Å²) in [4.78, 5) is 29.4. The smallest absolute Gasteiger partial charge is 0.240 e. The third-order valence-electron chi connectivity index (χ3n) is 3.58. The largest absolute Gasteiger partial charge is 0.350 e. The van der Waals surface area contributed by atoms with Crippen LogP contribution in [0.25, 0.3) is 0 Å². The van der Waals surface area contributed by atoms with Gasteiger partial charge in [-0.2, -0.15) is 0 Å². The number of benzene rings is 1. The lowest BCUT2D eigenvalue weighted by molar-refractivity contribution is -0.123. The van der Waals surface area contributed by atoms with E-state index in [2.05, 4.69) is 17.2 Å². The maximum atomic E-state index is 12.1. The monoisotopic (exact) mass is 311 g/mol. The molecule has 0 atom stereocenters. The highest BCUT2D eigenvalue weighted by Crippen LogP contribution is 2.15. The number of anilines is 1. The number of aryl methyl sites for hydroxylation is 1. The van der Waals surface area contributed by atoms with Gasteiger partial charge in [-0.3, -0.25) is 14.6 Å². The molecule has 5 nitrogen and oxygen atoms in total. The second-order valence-corrected chi connectivity index (χ2v) is 5.26. The van der Waals surface area contributed by atoms with E-state index < -0.39 is 0 Å². The van der Waals surface area contributed by atoms with Gasteiger partial charge in [-0.1, -0.05) is 19.1 Å². The van der Waals surface area contributed by atoms with Crippen molar-refractivity contribution in [2.24, 2.45) is 0 Å². The number of carbonyl (C=O) groups excluding carboxylic acids is 2. The first-order chi connectivity index (χ1) is 11.1. The van der Waals surface area contributed by atoms with Gasteiger partial charge in [-0.05, 0) is 41.8 Å². The van der Waals surface area contributed by atoms with Crippen molar-refractivity contribution in [1.82, 2.24) is 10.3 Å². The maximum absolute atomic E-state index is 12.1. The molecule has 1 aromatic carbocycles. The molecule has 0 fully saturated rings. The molecule has 2 rings (SSSR count). The number of nitrogens with one attached hydrogen (secondary N) is 1. The lowest BCUT2D eigenvalue weighted by Gasteiger charge is -2.21. The molecule has 0 unspecified atom stereocenters. The van der Waals surface area contributed by atoms with Crippen LogP contribution in [-0.2, 0) is 22.6 Å². The van der Waals surface area contributed by atoms with Crippen molar-refractivity contribution in [2.75, 3.05) is 11.4 Å². The Bertz CT molecular complexity index is 654. The van der Waals surface area contributed by atoms with E-state index in [1.54, 1.807) is 12.4 Å². The second-order valence-electron chi connectivity index (χ2n) is 5.26. The van der Waals surface area contributed by atoms with Gasteiger partial charge < -0.3 is 10.2 Å². The molecular formula is C18H21N3O2. The van der Waals surface area contributed by atoms with Crippen LogP contribution in [0, 0.1) is 0 Å². The molecule has 0 saturated heterocycles. The molecule has 0 radical (unpaired) electrons. The quantitative estimate of drug-likeness (QED) is 0.890. The number of hydrogen-bond donors (Lipinski definition) is 1. The molecule has 1 heterocycles. The van der Waals surface area contributed by atoms with Crippen molar-refractivity contribution in [3.05, 3.63) is 59.9 Å². The van der Waals surface area contributed by atoms with Crippen LogP contribution in [0.1, 0.15) is 25.0 Å². The van der Waals surface area contributed by atoms with Gasteiger partial charge in [0.05, 0.1) is 0 Å². The van der Waals surface area contributed by atoms with Gasteiger partial charge >= 0.3 is 0 Å². The first-order valence-corrected chi connectivity index (χ1v) is 7.62. The topological polar surface area (TPSA) is 62.3 Å². The molecule has 0 aliphatic rings. The lowest BCUT2D eigenvalue weighted by atomic mass is 10.1. The lowest BCUT2D eigenvalue weighted by Crippen LogP contribution is -2.39. The molecule has 5 heteroatoms. The molecule has 23 heavy (non-hydrogen) atoms. The predicted molar refractivity (Wildman–Crippen MR) is 89.9 cm³/mol. The summed E-state index contributed by atoms with van der Waals surface area (Å²) in [6.07, 6.45) is 4.30. The fourth-order valence-corrected chi connectivity index (χ4v) is 2.20. The number of rotatable bonds is 6. The van der Waals surface area contributed by atoms with E-state index in [0.29, 0.717) is 6.54 Å². The average molecular weight is 311 g/mol. The Hall–Kier alpha value is -2.69. The Labute approximate surface area is 136 Å². The SMILES string of the molecule is CCc1ccc(N(CC(=O)NCc2ccncc2)C(C)=O)cc1. The van der Waals surface area contributed by atoms with Crippen LogP contribution in [0.2, 0.25) is 0 Å². The van der Waals surface area contributed by atoms with E-state index in [1.165, 1.54) is 17.4 Å². The van der Waals surface area contributed by atoms with Crippen molar-refractivity contribution in [3.8, 4) is 0 Å². The molecule has 0 aliphatic carbocycles. The van der Waals surface area contributed by atoms with Crippen LogP contribution in [0.3, 0.4) is 0 Å². The molecule has 0 bridgehead atoms. The second kappa shape index (κ2) is 8.08. The highest BCUT2D eigenvalue weighted by Gasteiger charge is 2.15. The molecule has 2 aromatic rings. The summed E-state index contributed by atoms with van der Waals surface area (Å²) < 4.78 is 0. The molecule has 1 aromatic heterocycles. The number of pyridine rings is 1. The molecule has 0 aliphatic heterocycles. The summed E-state index contributed by atoms with van der Waals surface area (Å²) >= 11 is 0. The maximum Gasteiger partial charge on any atom is 0.240 e. The summed E-state index contributed by atoms with van der Waals surface area (Å²) in [5.41, 5.74) is 2.89. The average Bonchev–Trinajstić information content (AvgIpc) is 2.58. The van der Waals surface area contributed by atoms with Gasteiger partial charge in [-0.15, -0.1) is 0 Å². The van der Waals surface area contributed by atoms with Crippen LogP contribution in [0.5, 0.6) is 0 Å². The van der Waals surface area contributed by atoms with Gasteiger partial charge in [0.15, 0.2) is 0 Å². The summed E-state index contributed by atoms with van der Waals surface area (Å²) in [6.45, 7) is 3.96. The van der Waals surface area contributed by atoms with Crippen molar-refractivity contribution in [2.45, 2.75) is 26.8 Å². The predicted octanol–water partition coefficient (Wildman–Crippen LogP) is 2.31. The Morgan fingerprint density at radius 1 is 1.04 bits per heavy atom. The van der Waals surface area contributed by atoms with E-state index in [1.807, 2.05) is 36.4 Å². The summed E-state index contributed by atoms with van der Waals surface area (Å²) in [7, 11) is 0. The number of hydrogen-bond acceptors (Lipinski definition) is 3. The molecule has 120 valence electrons. The number of nitrogens with zero attached hydrogens (tertiary/aromatic N) is 2. The fourth-order valence-electron chi connectivity index (χ4n) is 2.20. The highest BCUT2D eigenvalue weighted by molar-refractivity contribution is 5.97. The first kappa shape index (κ1) is 16.7. The van der Waals surface area contributed by atoms with Crippen LogP contribution in [-0.4, -0.2) is 23.3 Å². The minimum absolute atomic E-state index is 0.00584. The molecule has 0 spiro atoms. The number of aromatic nitrogens is 1. The van der Waals surface area contributed by atoms with Crippen LogP contribution in [0.4, 0.5) is 5.69 Å². The van der Waals surface area contributed by atoms with Gasteiger partial charge in [0.2, 0.25) is 11.8 Å². The summed E-state index contributed by atoms with van der Waals surface area (Å²) in [5, 5.41) is 2.82. The fraction of sp³-hybridized carbons (Fsp3) is 0.278. The van der Waals surface area contributed by atoms with Gasteiger partial charge in [0.25, 0.3) is 0 Å². The molecule has 1 N–H and O–H groups in total. The Kier molecular flexibility index (Phi) is 5.86. The Morgan fingerprint density at radius 2 is 1.70 bits per heavy atom. The summed E-state index contributed by atoms with van der Waals surface area (Å²) in [6, 6.07) is 11.4. The van der Waals surface area contributed by atoms with Gasteiger partial charge in [-0.25, -0.2) is 0 Å². The zero-order valence-electron chi connectivity index (χ0n) is 13.5. The molecule has 2 amide bonds. The van der Waals surface area contributed by atoms with Crippen molar-refractivity contribution >= 4 is 17.5 Å². The Balaban J connectivity index is 1.98. The van der Waals surface area contributed by atoms with Crippen molar-refractivity contribution in [1.29, 1.82) is 0 Å². The van der Waals surface area contributed by atoms with Crippen LogP contribution >= 0.6 is 0 Å². The van der Waals surface area contributed by atoms with Gasteiger partial charge in [0.1, 0.15) is 6.54 Å². The first-order valence-electron chi connectivity index (χ1n) is 7.62. The zero-order chi connectivity index (χ0) is 16.7. The van der Waals surface area contributed by atoms with E-state index in [-0.39, 0.29) is 18.4 Å². The third-order valence-corrected chi connectivity index (χ3v) is 3.58. The highest BCUT2D eigenvalue weighted by atomic mass is 16.2. The number of amides is 2. The summed E-state index contributed by atoms with van der Waals surface area (Å²) in [5.74, 6) is -0.357.